The van der Waals surface area contributed by atoms with Crippen molar-refractivity contribution in [3.8, 4) is 0 Å². The maximum atomic E-state index is 12.1. The number of rotatable bonds is 4. The van der Waals surface area contributed by atoms with E-state index in [1.165, 1.54) is 6.07 Å². The summed E-state index contributed by atoms with van der Waals surface area (Å²) in [6, 6.07) is 1.34. The van der Waals surface area contributed by atoms with Crippen LogP contribution >= 0.6 is 27.5 Å². The molecule has 5 nitrogen and oxygen atoms in total. The van der Waals surface area contributed by atoms with Crippen molar-refractivity contribution in [1.82, 2.24) is 19.3 Å². The van der Waals surface area contributed by atoms with Crippen LogP contribution in [0.1, 0.15) is 31.1 Å². The summed E-state index contributed by atoms with van der Waals surface area (Å²) < 4.78 is 4.46. The minimum absolute atomic E-state index is 0.143. The Bertz CT molecular complexity index is 692. The second-order valence-corrected chi connectivity index (χ2v) is 5.62. The van der Waals surface area contributed by atoms with Crippen molar-refractivity contribution in [2.75, 3.05) is 0 Å². The van der Waals surface area contributed by atoms with E-state index in [-0.39, 0.29) is 10.7 Å². The van der Waals surface area contributed by atoms with E-state index in [2.05, 4.69) is 26.0 Å². The van der Waals surface area contributed by atoms with Crippen molar-refractivity contribution in [2.45, 2.75) is 40.3 Å². The van der Waals surface area contributed by atoms with E-state index in [9.17, 15) is 4.79 Å². The zero-order valence-electron chi connectivity index (χ0n) is 11.7. The van der Waals surface area contributed by atoms with Gasteiger partial charge in [-0.3, -0.25) is 14.0 Å². The molecule has 0 saturated carbocycles. The number of halogens is 2. The predicted octanol–water partition coefficient (Wildman–Crippen LogP) is 2.79. The Morgan fingerprint density at radius 2 is 2.10 bits per heavy atom. The minimum Gasteiger partial charge on any atom is -0.290 e. The lowest BCUT2D eigenvalue weighted by atomic mass is 10.3. The van der Waals surface area contributed by atoms with Gasteiger partial charge in [-0.1, -0.05) is 18.5 Å². The Labute approximate surface area is 130 Å². The third-order valence-electron chi connectivity index (χ3n) is 3.13. The molecule has 2 rings (SSSR count). The van der Waals surface area contributed by atoms with Gasteiger partial charge in [-0.15, -0.1) is 0 Å². The van der Waals surface area contributed by atoms with E-state index in [0.29, 0.717) is 18.8 Å². The van der Waals surface area contributed by atoms with Crippen LogP contribution in [0.25, 0.3) is 0 Å². The quantitative estimate of drug-likeness (QED) is 0.789. The normalized spacial score (nSPS) is 11.1. The molecule has 0 atom stereocenters. The smallest absolute Gasteiger partial charge is 0.255 e. The van der Waals surface area contributed by atoms with E-state index in [4.69, 9.17) is 11.6 Å². The molecule has 0 aliphatic rings. The molecule has 2 aromatic rings. The van der Waals surface area contributed by atoms with Crippen molar-refractivity contribution in [3.63, 3.8) is 0 Å². The van der Waals surface area contributed by atoms with Crippen LogP contribution in [0.5, 0.6) is 0 Å². The molecule has 0 bridgehead atoms. The highest BCUT2D eigenvalue weighted by Gasteiger charge is 2.15. The van der Waals surface area contributed by atoms with Crippen LogP contribution in [0.4, 0.5) is 0 Å². The zero-order chi connectivity index (χ0) is 14.9. The number of hydrogen-bond acceptors (Lipinski definition) is 3. The number of hydrogen-bond donors (Lipinski definition) is 0. The first-order valence-corrected chi connectivity index (χ1v) is 7.63. The summed E-state index contributed by atoms with van der Waals surface area (Å²) >= 11 is 9.39. The van der Waals surface area contributed by atoms with Gasteiger partial charge in [-0.2, -0.15) is 5.10 Å². The number of aryl methyl sites for hydroxylation is 3. The third kappa shape index (κ3) is 2.81. The van der Waals surface area contributed by atoms with Gasteiger partial charge in [-0.05, 0) is 29.8 Å². The standard InChI is InChI=1S/C13H16BrClN4O/c1-4-11-16-10(15)6-12(20)18(11)7-9-13(14)8(3)17-19(9)5-2/h6H,4-5,7H2,1-3H3. The molecule has 0 saturated heterocycles. The molecular weight excluding hydrogens is 344 g/mol. The third-order valence-corrected chi connectivity index (χ3v) is 4.36. The molecule has 0 aromatic carbocycles. The average molecular weight is 360 g/mol. The average Bonchev–Trinajstić information content (AvgIpc) is 2.68. The molecule has 0 N–H and O–H groups in total. The van der Waals surface area contributed by atoms with Gasteiger partial charge in [0, 0.05) is 19.0 Å². The van der Waals surface area contributed by atoms with Crippen LogP contribution in [0.3, 0.4) is 0 Å². The van der Waals surface area contributed by atoms with Crippen LogP contribution in [0.15, 0.2) is 15.3 Å². The molecule has 2 aromatic heterocycles. The predicted molar refractivity (Wildman–Crippen MR) is 82.3 cm³/mol. The van der Waals surface area contributed by atoms with Gasteiger partial charge in [0.2, 0.25) is 0 Å². The second kappa shape index (κ2) is 6.10. The lowest BCUT2D eigenvalue weighted by molar-refractivity contribution is 0.575. The lowest BCUT2D eigenvalue weighted by Gasteiger charge is -2.12. The summed E-state index contributed by atoms with van der Waals surface area (Å²) in [5.74, 6) is 0.677. The van der Waals surface area contributed by atoms with Gasteiger partial charge < -0.3 is 0 Å². The van der Waals surface area contributed by atoms with Crippen LogP contribution in [-0.4, -0.2) is 19.3 Å². The van der Waals surface area contributed by atoms with Gasteiger partial charge in [0.05, 0.1) is 22.4 Å². The Morgan fingerprint density at radius 3 is 2.70 bits per heavy atom. The summed E-state index contributed by atoms with van der Waals surface area (Å²) in [7, 11) is 0. The molecule has 0 unspecified atom stereocenters. The molecule has 0 aliphatic heterocycles. The Balaban J connectivity index is 2.53. The van der Waals surface area contributed by atoms with Gasteiger partial charge >= 0.3 is 0 Å². The van der Waals surface area contributed by atoms with Crippen LogP contribution in [0.2, 0.25) is 5.15 Å². The first kappa shape index (κ1) is 15.3. The van der Waals surface area contributed by atoms with E-state index >= 15 is 0 Å². The fourth-order valence-electron chi connectivity index (χ4n) is 2.13. The number of aromatic nitrogens is 4. The Hall–Kier alpha value is -1.14. The molecular formula is C13H16BrClN4O. The SMILES string of the molecule is CCc1nc(Cl)cc(=O)n1Cc1c(Br)c(C)nn1CC. The highest BCUT2D eigenvalue weighted by Crippen LogP contribution is 2.22. The van der Waals surface area contributed by atoms with Gasteiger partial charge in [0.25, 0.3) is 5.56 Å². The first-order valence-electron chi connectivity index (χ1n) is 6.45. The molecule has 0 aliphatic carbocycles. The molecule has 7 heteroatoms. The van der Waals surface area contributed by atoms with Gasteiger partial charge in [-0.25, -0.2) is 4.98 Å². The summed E-state index contributed by atoms with van der Waals surface area (Å²) in [4.78, 5) is 16.4. The highest BCUT2D eigenvalue weighted by atomic mass is 79.9. The lowest BCUT2D eigenvalue weighted by Crippen LogP contribution is -2.26. The van der Waals surface area contributed by atoms with Crippen molar-refractivity contribution < 1.29 is 0 Å². The minimum atomic E-state index is -0.143. The van der Waals surface area contributed by atoms with Crippen molar-refractivity contribution in [2.24, 2.45) is 0 Å². The summed E-state index contributed by atoms with van der Waals surface area (Å²) in [5, 5.41) is 4.67. The summed E-state index contributed by atoms with van der Waals surface area (Å²) in [5.41, 5.74) is 1.73. The summed E-state index contributed by atoms with van der Waals surface area (Å²) in [6.07, 6.45) is 0.645. The van der Waals surface area contributed by atoms with E-state index in [1.54, 1.807) is 4.57 Å². The molecule has 2 heterocycles. The second-order valence-electron chi connectivity index (χ2n) is 4.43. The fourth-order valence-corrected chi connectivity index (χ4v) is 2.73. The maximum Gasteiger partial charge on any atom is 0.255 e. The van der Waals surface area contributed by atoms with Crippen molar-refractivity contribution in [1.29, 1.82) is 0 Å². The van der Waals surface area contributed by atoms with Crippen LogP contribution < -0.4 is 5.56 Å². The Kier molecular flexibility index (Phi) is 4.65. The van der Waals surface area contributed by atoms with Crippen LogP contribution in [-0.2, 0) is 19.5 Å². The molecule has 0 radical (unpaired) electrons. The van der Waals surface area contributed by atoms with Gasteiger partial charge in [0.1, 0.15) is 11.0 Å². The van der Waals surface area contributed by atoms with Crippen molar-refractivity contribution in [3.05, 3.63) is 43.3 Å². The highest BCUT2D eigenvalue weighted by molar-refractivity contribution is 9.10. The topological polar surface area (TPSA) is 52.7 Å². The number of nitrogens with zero attached hydrogens (tertiary/aromatic N) is 4. The molecule has 0 fully saturated rings. The van der Waals surface area contributed by atoms with E-state index < -0.39 is 0 Å². The van der Waals surface area contributed by atoms with E-state index in [1.807, 2.05) is 25.5 Å². The van der Waals surface area contributed by atoms with Gasteiger partial charge in [0.15, 0.2) is 0 Å². The maximum absolute atomic E-state index is 12.1. The van der Waals surface area contributed by atoms with Crippen molar-refractivity contribution >= 4 is 27.5 Å². The largest absolute Gasteiger partial charge is 0.290 e. The summed E-state index contributed by atoms with van der Waals surface area (Å²) in [6.45, 7) is 7.09. The Morgan fingerprint density at radius 1 is 1.40 bits per heavy atom. The fraction of sp³-hybridized carbons (Fsp3) is 0.462. The van der Waals surface area contributed by atoms with E-state index in [0.717, 1.165) is 22.4 Å². The monoisotopic (exact) mass is 358 g/mol. The molecule has 108 valence electrons. The van der Waals surface area contributed by atoms with Crippen LogP contribution in [0, 0.1) is 6.92 Å². The molecule has 20 heavy (non-hydrogen) atoms. The molecule has 0 amide bonds. The first-order chi connectivity index (χ1) is 9.47. The molecule has 0 spiro atoms. The zero-order valence-corrected chi connectivity index (χ0v) is 14.0.